The fourth-order valence-electron chi connectivity index (χ4n) is 1.45. The Hall–Kier alpha value is -1.78. The van der Waals surface area contributed by atoms with Crippen LogP contribution < -0.4 is 4.74 Å². The van der Waals surface area contributed by atoms with Gasteiger partial charge in [0.1, 0.15) is 17.3 Å². The Labute approximate surface area is 119 Å². The smallest absolute Gasteiger partial charge is 0.341 e. The van der Waals surface area contributed by atoms with E-state index in [0.717, 1.165) is 5.56 Å². The van der Waals surface area contributed by atoms with E-state index in [0.29, 0.717) is 5.02 Å². The minimum atomic E-state index is -1.13. The normalized spacial score (nSPS) is 10.2. The van der Waals surface area contributed by atoms with E-state index in [1.807, 2.05) is 6.07 Å². The summed E-state index contributed by atoms with van der Waals surface area (Å²) in [6, 6.07) is 9.87. The van der Waals surface area contributed by atoms with Crippen molar-refractivity contribution in [2.75, 3.05) is 0 Å². The first-order valence-corrected chi connectivity index (χ1v) is 6.09. The van der Waals surface area contributed by atoms with E-state index in [-0.39, 0.29) is 23.2 Å². The first-order chi connectivity index (χ1) is 9.08. The first-order valence-electron chi connectivity index (χ1n) is 5.34. The van der Waals surface area contributed by atoms with Crippen molar-refractivity contribution < 1.29 is 14.6 Å². The van der Waals surface area contributed by atoms with Crippen LogP contribution in [0.15, 0.2) is 36.4 Å². The number of benzene rings is 1. The zero-order chi connectivity index (χ0) is 13.8. The molecule has 1 aromatic heterocycles. The molecule has 0 aliphatic rings. The number of hydrogen-bond acceptors (Lipinski definition) is 3. The molecule has 0 radical (unpaired) electrons. The zero-order valence-corrected chi connectivity index (χ0v) is 11.1. The Morgan fingerprint density at radius 2 is 1.95 bits per heavy atom. The lowest BCUT2D eigenvalue weighted by molar-refractivity contribution is 0.0690. The van der Waals surface area contributed by atoms with Gasteiger partial charge in [-0.15, -0.1) is 0 Å². The molecule has 0 amide bonds. The van der Waals surface area contributed by atoms with Gasteiger partial charge < -0.3 is 9.84 Å². The van der Waals surface area contributed by atoms with Crippen LogP contribution in [0.4, 0.5) is 0 Å². The highest BCUT2D eigenvalue weighted by molar-refractivity contribution is 6.31. The maximum atomic E-state index is 11.0. The number of ether oxygens (including phenoxy) is 1. The third kappa shape index (κ3) is 3.36. The van der Waals surface area contributed by atoms with Crippen molar-refractivity contribution in [3.63, 3.8) is 0 Å². The van der Waals surface area contributed by atoms with Gasteiger partial charge in [-0.3, -0.25) is 0 Å². The molecule has 2 aromatic rings. The molecule has 0 fully saturated rings. The minimum Gasteiger partial charge on any atom is -0.477 e. The summed E-state index contributed by atoms with van der Waals surface area (Å²) in [6.07, 6.45) is 0. The lowest BCUT2D eigenvalue weighted by Gasteiger charge is -2.09. The highest BCUT2D eigenvalue weighted by Gasteiger charge is 2.14. The molecule has 0 unspecified atom stereocenters. The molecule has 0 bridgehead atoms. The van der Waals surface area contributed by atoms with Crippen molar-refractivity contribution in [3.8, 4) is 5.88 Å². The second-order valence-corrected chi connectivity index (χ2v) is 4.47. The quantitative estimate of drug-likeness (QED) is 0.875. The highest BCUT2D eigenvalue weighted by atomic mass is 35.5. The average Bonchev–Trinajstić information content (AvgIpc) is 2.37. The van der Waals surface area contributed by atoms with Crippen LogP contribution in [-0.2, 0) is 6.61 Å². The van der Waals surface area contributed by atoms with Crippen LogP contribution in [0.1, 0.15) is 15.9 Å². The summed E-state index contributed by atoms with van der Waals surface area (Å²) in [5.74, 6) is -1.15. The zero-order valence-electron chi connectivity index (χ0n) is 9.64. The van der Waals surface area contributed by atoms with Crippen molar-refractivity contribution in [1.29, 1.82) is 0 Å². The lowest BCUT2D eigenvalue weighted by atomic mass is 10.2. The molecular formula is C13H9Cl2NO3. The van der Waals surface area contributed by atoms with Crippen LogP contribution in [0, 0.1) is 0 Å². The third-order valence-electron chi connectivity index (χ3n) is 2.38. The topological polar surface area (TPSA) is 59.4 Å². The van der Waals surface area contributed by atoms with Crippen LogP contribution in [0.3, 0.4) is 0 Å². The van der Waals surface area contributed by atoms with E-state index < -0.39 is 5.97 Å². The molecule has 1 heterocycles. The number of carboxylic acid groups (broad SMARTS) is 1. The monoisotopic (exact) mass is 297 g/mol. The van der Waals surface area contributed by atoms with Crippen molar-refractivity contribution in [3.05, 3.63) is 57.7 Å². The van der Waals surface area contributed by atoms with E-state index in [1.54, 1.807) is 18.2 Å². The van der Waals surface area contributed by atoms with Gasteiger partial charge in [0.2, 0.25) is 5.88 Å². The van der Waals surface area contributed by atoms with Gasteiger partial charge in [-0.2, -0.15) is 0 Å². The molecule has 1 aromatic carbocycles. The van der Waals surface area contributed by atoms with E-state index in [9.17, 15) is 4.79 Å². The molecular weight excluding hydrogens is 289 g/mol. The predicted molar refractivity (Wildman–Crippen MR) is 72.0 cm³/mol. The van der Waals surface area contributed by atoms with Crippen LogP contribution in [0.2, 0.25) is 10.2 Å². The van der Waals surface area contributed by atoms with Gasteiger partial charge in [-0.05, 0) is 18.2 Å². The molecule has 0 saturated heterocycles. The Bertz CT molecular complexity index is 617. The highest BCUT2D eigenvalue weighted by Crippen LogP contribution is 2.22. The van der Waals surface area contributed by atoms with Crippen LogP contribution in [0.25, 0.3) is 0 Å². The number of aromatic nitrogens is 1. The van der Waals surface area contributed by atoms with Crippen LogP contribution >= 0.6 is 23.2 Å². The Balaban J connectivity index is 2.22. The van der Waals surface area contributed by atoms with Gasteiger partial charge in [-0.25, -0.2) is 9.78 Å². The standard InChI is InChI=1S/C13H9Cl2NO3/c14-10-4-2-1-3-8(10)7-19-12-9(13(17)18)5-6-11(15)16-12/h1-6H,7H2,(H,17,18). The number of hydrogen-bond donors (Lipinski definition) is 1. The summed E-state index contributed by atoms with van der Waals surface area (Å²) in [5, 5.41) is 9.73. The molecule has 0 saturated carbocycles. The van der Waals surface area contributed by atoms with Crippen molar-refractivity contribution in [2.45, 2.75) is 6.61 Å². The molecule has 2 rings (SSSR count). The SMILES string of the molecule is O=C(O)c1ccc(Cl)nc1OCc1ccccc1Cl. The number of pyridine rings is 1. The first kappa shape index (κ1) is 13.6. The van der Waals surface area contributed by atoms with E-state index in [2.05, 4.69) is 4.98 Å². The van der Waals surface area contributed by atoms with E-state index in [1.165, 1.54) is 12.1 Å². The molecule has 0 spiro atoms. The molecule has 6 heteroatoms. The van der Waals surface area contributed by atoms with Crippen molar-refractivity contribution >= 4 is 29.2 Å². The molecule has 0 aliphatic carbocycles. The van der Waals surface area contributed by atoms with E-state index in [4.69, 9.17) is 33.0 Å². The van der Waals surface area contributed by atoms with E-state index >= 15 is 0 Å². The molecule has 19 heavy (non-hydrogen) atoms. The van der Waals surface area contributed by atoms with Crippen molar-refractivity contribution in [2.24, 2.45) is 0 Å². The Kier molecular flexibility index (Phi) is 4.24. The minimum absolute atomic E-state index is 0.0279. The second-order valence-electron chi connectivity index (χ2n) is 3.67. The second kappa shape index (κ2) is 5.91. The van der Waals surface area contributed by atoms with Gasteiger partial charge in [0.25, 0.3) is 0 Å². The summed E-state index contributed by atoms with van der Waals surface area (Å²) in [7, 11) is 0. The third-order valence-corrected chi connectivity index (χ3v) is 2.96. The Morgan fingerprint density at radius 3 is 2.63 bits per heavy atom. The van der Waals surface area contributed by atoms with Gasteiger partial charge in [0.15, 0.2) is 0 Å². The maximum absolute atomic E-state index is 11.0. The average molecular weight is 298 g/mol. The lowest BCUT2D eigenvalue weighted by Crippen LogP contribution is -2.05. The number of aromatic carboxylic acids is 1. The molecule has 0 atom stereocenters. The van der Waals surface area contributed by atoms with Gasteiger partial charge in [0.05, 0.1) is 0 Å². The number of carboxylic acids is 1. The Morgan fingerprint density at radius 1 is 1.21 bits per heavy atom. The predicted octanol–water partition coefficient (Wildman–Crippen LogP) is 3.67. The fourth-order valence-corrected chi connectivity index (χ4v) is 1.78. The summed E-state index contributed by atoms with van der Waals surface area (Å²) in [5.41, 5.74) is 0.693. The van der Waals surface area contributed by atoms with Crippen molar-refractivity contribution in [1.82, 2.24) is 4.98 Å². The number of nitrogens with zero attached hydrogens (tertiary/aromatic N) is 1. The van der Waals surface area contributed by atoms with Crippen LogP contribution in [-0.4, -0.2) is 16.1 Å². The van der Waals surface area contributed by atoms with Gasteiger partial charge in [0, 0.05) is 10.6 Å². The summed E-state index contributed by atoms with van der Waals surface area (Å²) in [6.45, 7) is 0.118. The molecule has 0 aliphatic heterocycles. The maximum Gasteiger partial charge on any atom is 0.341 e. The number of rotatable bonds is 4. The molecule has 1 N–H and O–H groups in total. The fraction of sp³-hybridized carbons (Fsp3) is 0.0769. The summed E-state index contributed by atoms with van der Waals surface area (Å²) < 4.78 is 5.39. The number of carbonyl (C=O) groups is 1. The largest absolute Gasteiger partial charge is 0.477 e. The summed E-state index contributed by atoms with van der Waals surface area (Å²) in [4.78, 5) is 14.9. The van der Waals surface area contributed by atoms with Crippen LogP contribution in [0.5, 0.6) is 5.88 Å². The molecule has 4 nitrogen and oxygen atoms in total. The number of halogens is 2. The summed E-state index contributed by atoms with van der Waals surface area (Å²) >= 11 is 11.7. The van der Waals surface area contributed by atoms with Gasteiger partial charge in [-0.1, -0.05) is 41.4 Å². The molecule has 98 valence electrons. The van der Waals surface area contributed by atoms with Gasteiger partial charge >= 0.3 is 5.97 Å².